The molecule has 0 bridgehead atoms. The molecule has 0 unspecified atom stereocenters. The zero-order valence-corrected chi connectivity index (χ0v) is 20.8. The molecule has 6 rings (SSSR count). The van der Waals surface area contributed by atoms with Crippen molar-refractivity contribution in [3.8, 4) is 11.5 Å². The largest absolute Gasteiger partial charge is 0.507 e. The second-order valence-electron chi connectivity index (χ2n) is 8.97. The molecule has 0 spiro atoms. The van der Waals surface area contributed by atoms with E-state index in [1.807, 2.05) is 26.0 Å². The standard InChI is InChI=1S/C28H21FN2O5S/c1-14-11-15(2)23-21(12-14)37-28(30-23)31-24(17-5-3-4-6-18(17)29)22(26(33)27(31)34)25(32)16-7-8-19-20(13-16)36-10-9-35-19/h3-8,11-13,24,32H,9-10H2,1-2H3/t24-/m1/s1. The number of amides is 1. The van der Waals surface area contributed by atoms with Crippen molar-refractivity contribution in [1.29, 1.82) is 0 Å². The number of rotatable bonds is 3. The molecule has 3 aromatic carbocycles. The van der Waals surface area contributed by atoms with Gasteiger partial charge < -0.3 is 14.6 Å². The summed E-state index contributed by atoms with van der Waals surface area (Å²) >= 11 is 1.24. The minimum Gasteiger partial charge on any atom is -0.507 e. The number of nitrogens with zero attached hydrogens (tertiary/aromatic N) is 2. The fraction of sp³-hybridized carbons (Fsp3) is 0.179. The van der Waals surface area contributed by atoms with Gasteiger partial charge in [0.25, 0.3) is 5.78 Å². The molecule has 1 amide bonds. The predicted octanol–water partition coefficient (Wildman–Crippen LogP) is 5.45. The molecule has 186 valence electrons. The van der Waals surface area contributed by atoms with Gasteiger partial charge in [-0.05, 0) is 55.3 Å². The van der Waals surface area contributed by atoms with Gasteiger partial charge in [-0.25, -0.2) is 9.37 Å². The van der Waals surface area contributed by atoms with Crippen molar-refractivity contribution >= 4 is 44.1 Å². The van der Waals surface area contributed by atoms with E-state index in [4.69, 9.17) is 9.47 Å². The third kappa shape index (κ3) is 3.74. The molecule has 0 saturated carbocycles. The molecular formula is C28H21FN2O5S. The summed E-state index contributed by atoms with van der Waals surface area (Å²) in [6, 6.07) is 13.3. The van der Waals surface area contributed by atoms with E-state index in [2.05, 4.69) is 4.98 Å². The van der Waals surface area contributed by atoms with Gasteiger partial charge in [0.1, 0.15) is 30.8 Å². The molecule has 0 aliphatic carbocycles. The van der Waals surface area contributed by atoms with Gasteiger partial charge >= 0.3 is 5.91 Å². The van der Waals surface area contributed by atoms with Gasteiger partial charge in [-0.15, -0.1) is 0 Å². The Morgan fingerprint density at radius 3 is 2.59 bits per heavy atom. The lowest BCUT2D eigenvalue weighted by Gasteiger charge is -2.23. The number of halogens is 1. The number of thiazole rings is 1. The number of carbonyl (C=O) groups is 2. The predicted molar refractivity (Wildman–Crippen MR) is 138 cm³/mol. The van der Waals surface area contributed by atoms with Crippen LogP contribution < -0.4 is 14.4 Å². The first-order valence-electron chi connectivity index (χ1n) is 11.7. The quantitative estimate of drug-likeness (QED) is 0.221. The van der Waals surface area contributed by atoms with Crippen LogP contribution in [0.15, 0.2) is 60.2 Å². The first kappa shape index (κ1) is 23.2. The highest BCUT2D eigenvalue weighted by Gasteiger charge is 2.49. The Balaban J connectivity index is 1.56. The maximum atomic E-state index is 15.2. The van der Waals surface area contributed by atoms with Crippen LogP contribution in [0.5, 0.6) is 11.5 Å². The second kappa shape index (κ2) is 8.70. The summed E-state index contributed by atoms with van der Waals surface area (Å²) in [5.41, 5.74) is 2.76. The minimum atomic E-state index is -1.21. The highest BCUT2D eigenvalue weighted by atomic mass is 32.1. The normalized spacial score (nSPS) is 18.6. The first-order chi connectivity index (χ1) is 17.8. The fourth-order valence-electron chi connectivity index (χ4n) is 4.83. The molecular weight excluding hydrogens is 495 g/mol. The van der Waals surface area contributed by atoms with E-state index in [0.29, 0.717) is 30.2 Å². The monoisotopic (exact) mass is 516 g/mol. The SMILES string of the molecule is Cc1cc(C)c2nc(N3C(=O)C(=O)C(=C(O)c4ccc5c(c4)OCCO5)[C@H]3c3ccccc3F)sc2c1. The fourth-order valence-corrected chi connectivity index (χ4v) is 6.00. The summed E-state index contributed by atoms with van der Waals surface area (Å²) in [5.74, 6) is -1.94. The van der Waals surface area contributed by atoms with E-state index in [0.717, 1.165) is 15.8 Å². The van der Waals surface area contributed by atoms with Crippen molar-refractivity contribution in [2.24, 2.45) is 0 Å². The van der Waals surface area contributed by atoms with Crippen LogP contribution in [-0.2, 0) is 9.59 Å². The number of hydrogen-bond acceptors (Lipinski definition) is 7. The number of anilines is 1. The van der Waals surface area contributed by atoms with E-state index in [-0.39, 0.29) is 21.8 Å². The molecule has 7 nitrogen and oxygen atoms in total. The number of ketones is 1. The number of aromatic nitrogens is 1. The molecule has 1 saturated heterocycles. The lowest BCUT2D eigenvalue weighted by molar-refractivity contribution is -0.132. The van der Waals surface area contributed by atoms with E-state index < -0.39 is 29.3 Å². The Kier molecular flexibility index (Phi) is 5.45. The molecule has 2 aliphatic heterocycles. The Morgan fingerprint density at radius 2 is 1.81 bits per heavy atom. The molecule has 2 aliphatic rings. The Hall–Kier alpha value is -4.24. The molecule has 1 atom stereocenters. The minimum absolute atomic E-state index is 0.0768. The van der Waals surface area contributed by atoms with Crippen LogP contribution in [0.4, 0.5) is 9.52 Å². The van der Waals surface area contributed by atoms with E-state index >= 15 is 4.39 Å². The Bertz CT molecular complexity index is 1640. The first-order valence-corrected chi connectivity index (χ1v) is 12.5. The van der Waals surface area contributed by atoms with Crippen molar-refractivity contribution < 1.29 is 28.6 Å². The van der Waals surface area contributed by atoms with Crippen LogP contribution in [0.3, 0.4) is 0 Å². The molecule has 0 radical (unpaired) electrons. The second-order valence-corrected chi connectivity index (χ2v) is 9.98. The number of Topliss-reactive ketones (excluding diaryl/α,β-unsaturated/α-hetero) is 1. The van der Waals surface area contributed by atoms with Gasteiger partial charge in [-0.1, -0.05) is 35.6 Å². The van der Waals surface area contributed by atoms with Crippen LogP contribution in [-0.4, -0.2) is 35.0 Å². The highest BCUT2D eigenvalue weighted by molar-refractivity contribution is 7.22. The molecule has 9 heteroatoms. The number of aliphatic hydroxyl groups excluding tert-OH is 1. The Labute approximate surface area is 215 Å². The number of fused-ring (bicyclic) bond motifs is 2. The molecule has 37 heavy (non-hydrogen) atoms. The van der Waals surface area contributed by atoms with Gasteiger partial charge in [0.05, 0.1) is 15.8 Å². The van der Waals surface area contributed by atoms with Crippen LogP contribution in [0.25, 0.3) is 16.0 Å². The zero-order chi connectivity index (χ0) is 25.8. The third-order valence-corrected chi connectivity index (χ3v) is 7.49. The summed E-state index contributed by atoms with van der Waals surface area (Å²) in [4.78, 5) is 32.7. The number of ether oxygens (including phenoxy) is 2. The third-order valence-electron chi connectivity index (χ3n) is 6.48. The number of hydrogen-bond donors (Lipinski definition) is 1. The maximum absolute atomic E-state index is 15.2. The van der Waals surface area contributed by atoms with Crippen molar-refractivity contribution in [2.45, 2.75) is 19.9 Å². The highest BCUT2D eigenvalue weighted by Crippen LogP contribution is 2.46. The molecule has 3 heterocycles. The smallest absolute Gasteiger partial charge is 0.301 e. The van der Waals surface area contributed by atoms with Crippen LogP contribution in [0.1, 0.15) is 28.3 Å². The topological polar surface area (TPSA) is 89.0 Å². The summed E-state index contributed by atoms with van der Waals surface area (Å²) in [5, 5.41) is 11.6. The summed E-state index contributed by atoms with van der Waals surface area (Å²) in [6.07, 6.45) is 0. The lowest BCUT2D eigenvalue weighted by atomic mass is 9.95. The molecule has 1 aromatic heterocycles. The van der Waals surface area contributed by atoms with E-state index in [9.17, 15) is 14.7 Å². The van der Waals surface area contributed by atoms with E-state index in [1.165, 1.54) is 34.4 Å². The van der Waals surface area contributed by atoms with Gasteiger partial charge in [0.15, 0.2) is 16.6 Å². The van der Waals surface area contributed by atoms with Crippen molar-refractivity contribution in [1.82, 2.24) is 4.98 Å². The summed E-state index contributed by atoms with van der Waals surface area (Å²) in [6.45, 7) is 4.62. The lowest BCUT2D eigenvalue weighted by Crippen LogP contribution is -2.29. The molecule has 1 fully saturated rings. The number of aliphatic hydroxyl groups is 1. The van der Waals surface area contributed by atoms with Gasteiger partial charge in [-0.3, -0.25) is 14.5 Å². The van der Waals surface area contributed by atoms with Gasteiger partial charge in [0, 0.05) is 11.1 Å². The van der Waals surface area contributed by atoms with Crippen molar-refractivity contribution in [3.05, 3.63) is 88.2 Å². The zero-order valence-electron chi connectivity index (χ0n) is 19.9. The number of benzene rings is 3. The van der Waals surface area contributed by atoms with Crippen LogP contribution in [0.2, 0.25) is 0 Å². The van der Waals surface area contributed by atoms with Gasteiger partial charge in [-0.2, -0.15) is 0 Å². The maximum Gasteiger partial charge on any atom is 0.301 e. The number of carbonyl (C=O) groups excluding carboxylic acids is 2. The van der Waals surface area contributed by atoms with Gasteiger partial charge in [0.2, 0.25) is 0 Å². The Morgan fingerprint density at radius 1 is 1.05 bits per heavy atom. The van der Waals surface area contributed by atoms with E-state index in [1.54, 1.807) is 24.3 Å². The average molecular weight is 517 g/mol. The van der Waals surface area contributed by atoms with Crippen LogP contribution in [0, 0.1) is 19.7 Å². The summed E-state index contributed by atoms with van der Waals surface area (Å²) < 4.78 is 27.2. The molecule has 1 N–H and O–H groups in total. The van der Waals surface area contributed by atoms with Crippen molar-refractivity contribution in [2.75, 3.05) is 18.1 Å². The molecule has 4 aromatic rings. The van der Waals surface area contributed by atoms with Crippen molar-refractivity contribution in [3.63, 3.8) is 0 Å². The number of aryl methyl sites for hydroxylation is 2. The average Bonchev–Trinajstić information content (AvgIpc) is 3.42. The van der Waals surface area contributed by atoms with Crippen LogP contribution >= 0.6 is 11.3 Å². The summed E-state index contributed by atoms with van der Waals surface area (Å²) in [7, 11) is 0.